The number of ketones is 1. The molecular weight excluding hydrogens is 252 g/mol. The molecule has 0 N–H and O–H groups in total. The van der Waals surface area contributed by atoms with Crippen molar-refractivity contribution < 1.29 is 9.59 Å². The van der Waals surface area contributed by atoms with Crippen molar-refractivity contribution in [1.82, 2.24) is 9.80 Å². The maximum absolute atomic E-state index is 12.3. The molecule has 0 radical (unpaired) electrons. The van der Waals surface area contributed by atoms with E-state index < -0.39 is 0 Å². The Balaban J connectivity index is 1.85. The number of likely N-dealkylation sites (tertiary alicyclic amines) is 1. The minimum Gasteiger partial charge on any atom is -0.348 e. The van der Waals surface area contributed by atoms with Crippen molar-refractivity contribution in [1.29, 1.82) is 0 Å². The summed E-state index contributed by atoms with van der Waals surface area (Å²) in [5.41, 5.74) is 0.801. The fraction of sp³-hybridized carbons (Fsp3) is 0.500. The predicted octanol–water partition coefficient (Wildman–Crippen LogP) is 1.67. The van der Waals surface area contributed by atoms with Crippen LogP contribution in [0.4, 0.5) is 0 Å². The highest BCUT2D eigenvalue weighted by Crippen LogP contribution is 2.21. The molecular formula is C16H22N2O2. The first kappa shape index (κ1) is 14.7. The lowest BCUT2D eigenvalue weighted by Crippen LogP contribution is -2.42. The third-order valence-electron chi connectivity index (χ3n) is 3.87. The lowest BCUT2D eigenvalue weighted by atomic mass is 9.89. The van der Waals surface area contributed by atoms with Gasteiger partial charge in [-0.1, -0.05) is 30.3 Å². The van der Waals surface area contributed by atoms with E-state index >= 15 is 0 Å². The molecule has 1 fully saturated rings. The zero-order chi connectivity index (χ0) is 14.5. The van der Waals surface area contributed by atoms with Crippen molar-refractivity contribution in [3.05, 3.63) is 35.9 Å². The lowest BCUT2D eigenvalue weighted by Gasteiger charge is -2.31. The second kappa shape index (κ2) is 6.66. The van der Waals surface area contributed by atoms with E-state index in [0.29, 0.717) is 6.54 Å². The maximum atomic E-state index is 12.3. The molecule has 0 saturated carbocycles. The highest BCUT2D eigenvalue weighted by Gasteiger charge is 2.26. The monoisotopic (exact) mass is 274 g/mol. The highest BCUT2D eigenvalue weighted by molar-refractivity contribution is 5.97. The molecule has 1 aromatic rings. The molecule has 0 aromatic heterocycles. The van der Waals surface area contributed by atoms with Crippen LogP contribution in [0.1, 0.15) is 23.2 Å². The van der Waals surface area contributed by atoms with Crippen LogP contribution in [0.25, 0.3) is 0 Å². The van der Waals surface area contributed by atoms with Crippen molar-refractivity contribution in [2.75, 3.05) is 33.7 Å². The molecule has 1 amide bonds. The molecule has 1 aliphatic heterocycles. The van der Waals surface area contributed by atoms with Gasteiger partial charge in [-0.3, -0.25) is 14.5 Å². The summed E-state index contributed by atoms with van der Waals surface area (Å²) in [7, 11) is 3.54. The summed E-state index contributed by atoms with van der Waals surface area (Å²) >= 11 is 0. The number of hydrogen-bond acceptors (Lipinski definition) is 3. The van der Waals surface area contributed by atoms with Crippen molar-refractivity contribution >= 4 is 11.7 Å². The van der Waals surface area contributed by atoms with Crippen LogP contribution in [0.2, 0.25) is 0 Å². The number of carbonyl (C=O) groups excluding carboxylic acids is 2. The van der Waals surface area contributed by atoms with Crippen LogP contribution < -0.4 is 0 Å². The third kappa shape index (κ3) is 3.67. The minimum absolute atomic E-state index is 0.100. The average molecular weight is 274 g/mol. The summed E-state index contributed by atoms with van der Waals surface area (Å²) < 4.78 is 0. The molecule has 0 spiro atoms. The molecule has 0 bridgehead atoms. The van der Waals surface area contributed by atoms with Gasteiger partial charge in [0.25, 0.3) is 0 Å². The van der Waals surface area contributed by atoms with E-state index in [2.05, 4.69) is 4.90 Å². The van der Waals surface area contributed by atoms with Crippen LogP contribution in [-0.4, -0.2) is 55.2 Å². The van der Waals surface area contributed by atoms with E-state index in [-0.39, 0.29) is 17.6 Å². The molecule has 4 nitrogen and oxygen atoms in total. The summed E-state index contributed by atoms with van der Waals surface area (Å²) in [5, 5.41) is 0. The molecule has 1 heterocycles. The molecule has 1 aliphatic rings. The minimum atomic E-state index is 0.100. The van der Waals surface area contributed by atoms with Gasteiger partial charge in [0.2, 0.25) is 5.91 Å². The molecule has 4 heteroatoms. The van der Waals surface area contributed by atoms with Crippen LogP contribution in [-0.2, 0) is 4.79 Å². The Hall–Kier alpha value is -1.68. The quantitative estimate of drug-likeness (QED) is 0.784. The van der Waals surface area contributed by atoms with Crippen LogP contribution in [0.5, 0.6) is 0 Å². The number of rotatable bonds is 4. The van der Waals surface area contributed by atoms with Crippen molar-refractivity contribution in [3.8, 4) is 0 Å². The number of carbonyl (C=O) groups is 2. The SMILES string of the molecule is CN(C)C(=O)CN1CCC(C(=O)c2ccccc2)CC1. The smallest absolute Gasteiger partial charge is 0.236 e. The molecule has 20 heavy (non-hydrogen) atoms. The van der Waals surface area contributed by atoms with Gasteiger partial charge in [-0.2, -0.15) is 0 Å². The average Bonchev–Trinajstić information content (AvgIpc) is 2.48. The summed E-state index contributed by atoms with van der Waals surface area (Å²) in [5.74, 6) is 0.463. The Morgan fingerprint density at radius 3 is 2.30 bits per heavy atom. The van der Waals surface area contributed by atoms with Gasteiger partial charge in [-0.15, -0.1) is 0 Å². The number of piperidine rings is 1. The van der Waals surface area contributed by atoms with Crippen LogP contribution in [0, 0.1) is 5.92 Å². The number of benzene rings is 1. The van der Waals surface area contributed by atoms with Crippen LogP contribution in [0.15, 0.2) is 30.3 Å². The van der Waals surface area contributed by atoms with Gasteiger partial charge in [0.1, 0.15) is 0 Å². The van der Waals surface area contributed by atoms with Gasteiger partial charge in [0, 0.05) is 25.6 Å². The van der Waals surface area contributed by atoms with E-state index in [1.165, 1.54) is 0 Å². The first-order chi connectivity index (χ1) is 9.58. The molecule has 0 unspecified atom stereocenters. The fourth-order valence-electron chi connectivity index (χ4n) is 2.52. The Bertz CT molecular complexity index is 463. The molecule has 1 aromatic carbocycles. The van der Waals surface area contributed by atoms with Crippen LogP contribution >= 0.6 is 0 Å². The largest absolute Gasteiger partial charge is 0.348 e. The normalized spacial score (nSPS) is 16.9. The standard InChI is InChI=1S/C16H22N2O2/c1-17(2)15(19)12-18-10-8-14(9-11-18)16(20)13-6-4-3-5-7-13/h3-7,14H,8-12H2,1-2H3. The number of likely N-dealkylation sites (N-methyl/N-ethyl adjacent to an activating group) is 1. The van der Waals surface area contributed by atoms with E-state index in [0.717, 1.165) is 31.5 Å². The van der Waals surface area contributed by atoms with E-state index in [1.807, 2.05) is 30.3 Å². The molecule has 1 saturated heterocycles. The van der Waals surface area contributed by atoms with Gasteiger partial charge in [0.15, 0.2) is 5.78 Å². The van der Waals surface area contributed by atoms with Gasteiger partial charge < -0.3 is 4.90 Å². The van der Waals surface area contributed by atoms with Crippen molar-refractivity contribution in [3.63, 3.8) is 0 Å². The summed E-state index contributed by atoms with van der Waals surface area (Å²) in [6, 6.07) is 9.48. The second-order valence-corrected chi connectivity index (χ2v) is 5.57. The molecule has 108 valence electrons. The van der Waals surface area contributed by atoms with Crippen molar-refractivity contribution in [2.45, 2.75) is 12.8 Å². The summed E-state index contributed by atoms with van der Waals surface area (Å²) in [6.45, 7) is 2.10. The number of nitrogens with zero attached hydrogens (tertiary/aromatic N) is 2. The molecule has 0 atom stereocenters. The summed E-state index contributed by atoms with van der Waals surface area (Å²) in [6.07, 6.45) is 1.68. The van der Waals surface area contributed by atoms with Gasteiger partial charge in [0.05, 0.1) is 6.54 Å². The first-order valence-electron chi connectivity index (χ1n) is 7.09. The Morgan fingerprint density at radius 2 is 1.75 bits per heavy atom. The Kier molecular flexibility index (Phi) is 4.90. The summed E-state index contributed by atoms with van der Waals surface area (Å²) in [4.78, 5) is 27.8. The zero-order valence-corrected chi connectivity index (χ0v) is 12.2. The molecule has 2 rings (SSSR count). The predicted molar refractivity (Wildman–Crippen MR) is 78.6 cm³/mol. The van der Waals surface area contributed by atoms with E-state index in [1.54, 1.807) is 19.0 Å². The maximum Gasteiger partial charge on any atom is 0.236 e. The molecule has 0 aliphatic carbocycles. The van der Waals surface area contributed by atoms with Gasteiger partial charge in [-0.25, -0.2) is 0 Å². The number of Topliss-reactive ketones (excluding diaryl/α,β-unsaturated/α-hetero) is 1. The third-order valence-corrected chi connectivity index (χ3v) is 3.87. The first-order valence-corrected chi connectivity index (χ1v) is 7.09. The Labute approximate surface area is 120 Å². The van der Waals surface area contributed by atoms with Crippen molar-refractivity contribution in [2.24, 2.45) is 5.92 Å². The van der Waals surface area contributed by atoms with Gasteiger partial charge in [-0.05, 0) is 25.9 Å². The van der Waals surface area contributed by atoms with E-state index in [9.17, 15) is 9.59 Å². The zero-order valence-electron chi connectivity index (χ0n) is 12.2. The van der Waals surface area contributed by atoms with Gasteiger partial charge >= 0.3 is 0 Å². The lowest BCUT2D eigenvalue weighted by molar-refractivity contribution is -0.130. The van der Waals surface area contributed by atoms with E-state index in [4.69, 9.17) is 0 Å². The second-order valence-electron chi connectivity index (χ2n) is 5.57. The number of amides is 1. The number of hydrogen-bond donors (Lipinski definition) is 0. The highest BCUT2D eigenvalue weighted by atomic mass is 16.2. The topological polar surface area (TPSA) is 40.6 Å². The van der Waals surface area contributed by atoms with Crippen LogP contribution in [0.3, 0.4) is 0 Å². The fourth-order valence-corrected chi connectivity index (χ4v) is 2.52. The Morgan fingerprint density at radius 1 is 1.15 bits per heavy atom.